The normalized spacial score (nSPS) is 32.0. The van der Waals surface area contributed by atoms with Crippen molar-refractivity contribution in [3.63, 3.8) is 0 Å². The summed E-state index contributed by atoms with van der Waals surface area (Å²) in [6.45, 7) is 9.29. The topological polar surface area (TPSA) is 72.8 Å². The number of allylic oxidation sites excluding steroid dienone is 2. The van der Waals surface area contributed by atoms with Crippen molar-refractivity contribution < 1.29 is 24.2 Å². The Morgan fingerprint density at radius 2 is 2.20 bits per heavy atom. The van der Waals surface area contributed by atoms with E-state index in [0.717, 1.165) is 6.42 Å². The van der Waals surface area contributed by atoms with Crippen LogP contribution < -0.4 is 0 Å². The molecule has 1 aliphatic heterocycles. The molecule has 0 saturated carbocycles. The van der Waals surface area contributed by atoms with Crippen molar-refractivity contribution in [2.75, 3.05) is 6.61 Å². The molecule has 0 aromatic heterocycles. The number of carbonyl (C=O) groups excluding carboxylic acids is 2. The molecule has 1 saturated heterocycles. The second kappa shape index (κ2) is 6.64. The van der Waals surface area contributed by atoms with Crippen LogP contribution in [0.3, 0.4) is 0 Å². The van der Waals surface area contributed by atoms with Crippen molar-refractivity contribution in [3.05, 3.63) is 46.6 Å². The maximum atomic E-state index is 12.3. The van der Waals surface area contributed by atoms with E-state index in [1.165, 1.54) is 22.8 Å². The van der Waals surface area contributed by atoms with E-state index in [0.29, 0.717) is 12.0 Å². The van der Waals surface area contributed by atoms with Crippen LogP contribution in [0.2, 0.25) is 0 Å². The van der Waals surface area contributed by atoms with Gasteiger partial charge in [-0.25, -0.2) is 9.59 Å². The molecule has 0 spiro atoms. The lowest BCUT2D eigenvalue weighted by molar-refractivity contribution is -0.148. The second-order valence-corrected chi connectivity index (χ2v) is 6.98. The van der Waals surface area contributed by atoms with Gasteiger partial charge in [0.05, 0.1) is 18.1 Å². The number of carbonyl (C=O) groups is 2. The summed E-state index contributed by atoms with van der Waals surface area (Å²) in [7, 11) is 0. The molecule has 1 N–H and O–H groups in total. The minimum absolute atomic E-state index is 0.0379. The number of fused-ring (bicyclic) bond motifs is 3. The van der Waals surface area contributed by atoms with E-state index in [1.54, 1.807) is 6.92 Å². The lowest BCUT2D eigenvalue weighted by atomic mass is 9.82. The van der Waals surface area contributed by atoms with E-state index in [1.807, 2.05) is 13.8 Å². The molecule has 0 bridgehead atoms. The number of aliphatic hydroxyl groups is 1. The van der Waals surface area contributed by atoms with Gasteiger partial charge in [0.1, 0.15) is 12.2 Å². The van der Waals surface area contributed by atoms with Crippen molar-refractivity contribution in [1.29, 1.82) is 0 Å². The van der Waals surface area contributed by atoms with Crippen LogP contribution >= 0.6 is 0 Å². The maximum Gasteiger partial charge on any atom is 0.336 e. The quantitative estimate of drug-likeness (QED) is 0.484. The summed E-state index contributed by atoms with van der Waals surface area (Å²) in [5, 5.41) is 9.30. The fourth-order valence-electron chi connectivity index (χ4n) is 4.18. The van der Waals surface area contributed by atoms with Gasteiger partial charge in [0.15, 0.2) is 0 Å². The summed E-state index contributed by atoms with van der Waals surface area (Å²) in [5.74, 6) is -1.30. The molecule has 0 radical (unpaired) electrons. The molecule has 0 amide bonds. The van der Waals surface area contributed by atoms with Gasteiger partial charge in [-0.05, 0) is 27.2 Å². The van der Waals surface area contributed by atoms with Crippen LogP contribution in [-0.2, 0) is 19.1 Å². The largest absolute Gasteiger partial charge is 0.458 e. The first-order valence-corrected chi connectivity index (χ1v) is 8.61. The second-order valence-electron chi connectivity index (χ2n) is 6.98. The summed E-state index contributed by atoms with van der Waals surface area (Å²) in [6.07, 6.45) is 4.18. The zero-order valence-electron chi connectivity index (χ0n) is 14.9. The van der Waals surface area contributed by atoms with E-state index >= 15 is 0 Å². The molecule has 4 atom stereocenters. The SMILES string of the molecule is C=C1C(=O)OC2C3C(C)=CCC3=C(C)CC(OC(=O)C(=CC)CO)C12. The van der Waals surface area contributed by atoms with Crippen molar-refractivity contribution in [3.8, 4) is 0 Å². The number of hydrogen-bond acceptors (Lipinski definition) is 5. The molecule has 25 heavy (non-hydrogen) atoms. The third-order valence-corrected chi connectivity index (χ3v) is 5.60. The van der Waals surface area contributed by atoms with Crippen LogP contribution in [0.25, 0.3) is 0 Å². The van der Waals surface area contributed by atoms with Gasteiger partial charge in [-0.1, -0.05) is 35.5 Å². The lowest BCUT2D eigenvalue weighted by Gasteiger charge is -2.28. The van der Waals surface area contributed by atoms with E-state index in [4.69, 9.17) is 9.47 Å². The molecule has 4 unspecified atom stereocenters. The molecule has 0 aromatic carbocycles. The molecule has 134 valence electrons. The molecule has 2 aliphatic carbocycles. The Bertz CT molecular complexity index is 724. The van der Waals surface area contributed by atoms with E-state index < -0.39 is 18.0 Å². The first-order chi connectivity index (χ1) is 11.9. The van der Waals surface area contributed by atoms with Crippen molar-refractivity contribution >= 4 is 11.9 Å². The molecular weight excluding hydrogens is 320 g/mol. The highest BCUT2D eigenvalue weighted by Crippen LogP contribution is 2.49. The Labute approximate surface area is 147 Å². The summed E-state index contributed by atoms with van der Waals surface area (Å²) < 4.78 is 11.4. The Hall–Kier alpha value is -2.14. The fourth-order valence-corrected chi connectivity index (χ4v) is 4.18. The predicted octanol–water partition coefficient (Wildman–Crippen LogP) is 2.62. The van der Waals surface area contributed by atoms with Gasteiger partial charge < -0.3 is 14.6 Å². The van der Waals surface area contributed by atoms with Gasteiger partial charge >= 0.3 is 11.9 Å². The number of rotatable bonds is 3. The van der Waals surface area contributed by atoms with Crippen LogP contribution in [0.15, 0.2) is 46.6 Å². The number of esters is 2. The molecule has 3 aliphatic rings. The highest BCUT2D eigenvalue weighted by molar-refractivity contribution is 5.92. The average Bonchev–Trinajstić information content (AvgIpc) is 3.05. The van der Waals surface area contributed by atoms with Gasteiger partial charge in [-0.2, -0.15) is 0 Å². The van der Waals surface area contributed by atoms with Crippen LogP contribution in [0.5, 0.6) is 0 Å². The Morgan fingerprint density at radius 3 is 2.84 bits per heavy atom. The van der Waals surface area contributed by atoms with Crippen molar-refractivity contribution in [1.82, 2.24) is 0 Å². The third-order valence-electron chi connectivity index (χ3n) is 5.60. The first-order valence-electron chi connectivity index (χ1n) is 8.61. The standard InChI is InChI=1S/C20H24O5/c1-5-13(9-21)20(23)24-15-8-11(3)14-7-6-10(2)16(14)18-17(15)12(4)19(22)25-18/h5-6,15-18,21H,4,7-9H2,1-3H3. The van der Waals surface area contributed by atoms with Crippen molar-refractivity contribution in [2.45, 2.75) is 45.8 Å². The third kappa shape index (κ3) is 2.86. The monoisotopic (exact) mass is 344 g/mol. The zero-order valence-corrected chi connectivity index (χ0v) is 14.9. The van der Waals surface area contributed by atoms with Crippen molar-refractivity contribution in [2.24, 2.45) is 11.8 Å². The summed E-state index contributed by atoms with van der Waals surface area (Å²) in [4.78, 5) is 24.5. The van der Waals surface area contributed by atoms with E-state index in [2.05, 4.69) is 12.7 Å². The van der Waals surface area contributed by atoms with E-state index in [-0.39, 0.29) is 30.1 Å². The highest BCUT2D eigenvalue weighted by Gasteiger charge is 2.52. The van der Waals surface area contributed by atoms with E-state index in [9.17, 15) is 14.7 Å². The molecule has 1 heterocycles. The summed E-state index contributed by atoms with van der Waals surface area (Å²) in [5.41, 5.74) is 4.17. The van der Waals surface area contributed by atoms with Crippen LogP contribution in [-0.4, -0.2) is 35.9 Å². The lowest BCUT2D eigenvalue weighted by Crippen LogP contribution is -2.36. The van der Waals surface area contributed by atoms with Gasteiger partial charge in [-0.15, -0.1) is 0 Å². The van der Waals surface area contributed by atoms with Gasteiger partial charge in [0.2, 0.25) is 0 Å². The molecule has 0 aromatic rings. The molecule has 3 rings (SSSR count). The number of aliphatic hydroxyl groups excluding tert-OH is 1. The Morgan fingerprint density at radius 1 is 1.48 bits per heavy atom. The van der Waals surface area contributed by atoms with Gasteiger partial charge in [0.25, 0.3) is 0 Å². The molecular formula is C20H24O5. The van der Waals surface area contributed by atoms with Gasteiger partial charge in [0, 0.05) is 17.9 Å². The van der Waals surface area contributed by atoms with Crippen LogP contribution in [0.4, 0.5) is 0 Å². The summed E-state index contributed by atoms with van der Waals surface area (Å²) >= 11 is 0. The Balaban J connectivity index is 1.97. The smallest absolute Gasteiger partial charge is 0.336 e. The Kier molecular flexibility index (Phi) is 4.69. The van der Waals surface area contributed by atoms with Gasteiger partial charge in [-0.3, -0.25) is 0 Å². The average molecular weight is 344 g/mol. The minimum atomic E-state index is -0.557. The zero-order chi connectivity index (χ0) is 18.3. The fraction of sp³-hybridized carbons (Fsp3) is 0.500. The number of hydrogen-bond donors (Lipinski definition) is 1. The molecule has 5 nitrogen and oxygen atoms in total. The maximum absolute atomic E-state index is 12.3. The predicted molar refractivity (Wildman–Crippen MR) is 92.4 cm³/mol. The van der Waals surface area contributed by atoms with Crippen LogP contribution in [0, 0.1) is 11.8 Å². The number of ether oxygens (including phenoxy) is 2. The first kappa shape index (κ1) is 17.7. The minimum Gasteiger partial charge on any atom is -0.458 e. The molecule has 5 heteroatoms. The van der Waals surface area contributed by atoms with Crippen LogP contribution in [0.1, 0.15) is 33.6 Å². The molecule has 1 fully saturated rings. The highest BCUT2D eigenvalue weighted by atomic mass is 16.6. The summed E-state index contributed by atoms with van der Waals surface area (Å²) in [6, 6.07) is 0.